The van der Waals surface area contributed by atoms with Crippen molar-refractivity contribution in [1.29, 1.82) is 0 Å². The highest BCUT2D eigenvalue weighted by Gasteiger charge is 2.25. The summed E-state index contributed by atoms with van der Waals surface area (Å²) in [6.07, 6.45) is 2.11. The SMILES string of the molecule is [C-]#[N+]c1c(C)cc2c(oc3c(-c4c(C)c(C)cc[n+]4C)c(C)ccc32)c1-c1ccccc1. The Morgan fingerprint density at radius 2 is 1.50 bits per heavy atom. The Morgan fingerprint density at radius 1 is 0.781 bits per heavy atom. The zero-order valence-corrected chi connectivity index (χ0v) is 19.1. The molecule has 156 valence electrons. The van der Waals surface area contributed by atoms with E-state index in [-0.39, 0.29) is 0 Å². The molecule has 0 saturated heterocycles. The fourth-order valence-electron chi connectivity index (χ4n) is 4.75. The normalized spacial score (nSPS) is 11.2. The van der Waals surface area contributed by atoms with Gasteiger partial charge in [0.15, 0.2) is 6.20 Å². The van der Waals surface area contributed by atoms with Gasteiger partial charge >= 0.3 is 0 Å². The lowest BCUT2D eigenvalue weighted by atomic mass is 9.94. The van der Waals surface area contributed by atoms with Gasteiger partial charge in [-0.15, -0.1) is 0 Å². The van der Waals surface area contributed by atoms with Crippen LogP contribution in [0.3, 0.4) is 0 Å². The van der Waals surface area contributed by atoms with Crippen LogP contribution in [0.25, 0.3) is 49.2 Å². The van der Waals surface area contributed by atoms with Crippen LogP contribution < -0.4 is 4.57 Å². The van der Waals surface area contributed by atoms with Crippen LogP contribution in [0.1, 0.15) is 22.3 Å². The molecule has 0 saturated carbocycles. The predicted octanol–water partition coefficient (Wildman–Crippen LogP) is 7.53. The Labute approximate surface area is 188 Å². The molecule has 0 amide bonds. The van der Waals surface area contributed by atoms with Gasteiger partial charge in [-0.05, 0) is 49.9 Å². The highest BCUT2D eigenvalue weighted by Crippen LogP contribution is 2.46. The van der Waals surface area contributed by atoms with Gasteiger partial charge in [0.05, 0.1) is 12.1 Å². The molecule has 3 aromatic carbocycles. The molecule has 32 heavy (non-hydrogen) atoms. The van der Waals surface area contributed by atoms with E-state index in [9.17, 15) is 0 Å². The third-order valence-electron chi connectivity index (χ3n) is 6.56. The fraction of sp³-hybridized carbons (Fsp3) is 0.172. The molecule has 0 unspecified atom stereocenters. The van der Waals surface area contributed by atoms with Crippen LogP contribution in [-0.2, 0) is 7.05 Å². The molecule has 0 spiro atoms. The molecule has 0 aliphatic carbocycles. The average Bonchev–Trinajstić information content (AvgIpc) is 3.15. The molecular formula is C29H25N2O+. The highest BCUT2D eigenvalue weighted by atomic mass is 16.3. The van der Waals surface area contributed by atoms with Crippen LogP contribution in [0.5, 0.6) is 0 Å². The van der Waals surface area contributed by atoms with Crippen molar-refractivity contribution in [3.05, 3.63) is 94.5 Å². The van der Waals surface area contributed by atoms with E-state index in [4.69, 9.17) is 11.0 Å². The summed E-state index contributed by atoms with van der Waals surface area (Å²) in [7, 11) is 2.08. The van der Waals surface area contributed by atoms with Crippen molar-refractivity contribution in [2.24, 2.45) is 7.05 Å². The van der Waals surface area contributed by atoms with Crippen molar-refractivity contribution in [3.8, 4) is 22.4 Å². The van der Waals surface area contributed by atoms with Crippen molar-refractivity contribution in [3.63, 3.8) is 0 Å². The van der Waals surface area contributed by atoms with Gasteiger partial charge in [-0.2, -0.15) is 0 Å². The molecule has 0 aliphatic heterocycles. The lowest BCUT2D eigenvalue weighted by molar-refractivity contribution is -0.660. The summed E-state index contributed by atoms with van der Waals surface area (Å²) in [5, 5.41) is 2.14. The number of aromatic nitrogens is 1. The van der Waals surface area contributed by atoms with Crippen molar-refractivity contribution >= 4 is 27.6 Å². The first-order valence-corrected chi connectivity index (χ1v) is 10.8. The second kappa shape index (κ2) is 7.35. The molecule has 0 atom stereocenters. The molecule has 0 bridgehead atoms. The van der Waals surface area contributed by atoms with Gasteiger partial charge < -0.3 is 4.42 Å². The van der Waals surface area contributed by atoms with Gasteiger partial charge in [-0.1, -0.05) is 48.5 Å². The number of fused-ring (bicyclic) bond motifs is 3. The molecular weight excluding hydrogens is 392 g/mol. The summed E-state index contributed by atoms with van der Waals surface area (Å²) < 4.78 is 8.87. The van der Waals surface area contributed by atoms with Crippen LogP contribution in [0.2, 0.25) is 0 Å². The second-order valence-electron chi connectivity index (χ2n) is 8.59. The predicted molar refractivity (Wildman–Crippen MR) is 131 cm³/mol. The summed E-state index contributed by atoms with van der Waals surface area (Å²) in [6, 6.07) is 18.7. The quantitative estimate of drug-likeness (QED) is 0.215. The Kier molecular flexibility index (Phi) is 4.60. The maximum Gasteiger partial charge on any atom is 0.219 e. The van der Waals surface area contributed by atoms with E-state index in [1.807, 2.05) is 37.3 Å². The number of rotatable bonds is 2. The molecule has 2 heterocycles. The monoisotopic (exact) mass is 417 g/mol. The summed E-state index contributed by atoms with van der Waals surface area (Å²) in [4.78, 5) is 3.89. The molecule has 0 radical (unpaired) electrons. The van der Waals surface area contributed by atoms with Crippen LogP contribution in [0.4, 0.5) is 5.69 Å². The summed E-state index contributed by atoms with van der Waals surface area (Å²) in [5.74, 6) is 0. The summed E-state index contributed by atoms with van der Waals surface area (Å²) in [5.41, 5.74) is 11.1. The minimum atomic E-state index is 0.651. The van der Waals surface area contributed by atoms with Gasteiger partial charge in [-0.25, -0.2) is 9.41 Å². The lowest BCUT2D eigenvalue weighted by Gasteiger charge is -2.09. The number of hydrogen-bond acceptors (Lipinski definition) is 1. The van der Waals surface area contributed by atoms with Crippen molar-refractivity contribution in [2.45, 2.75) is 27.7 Å². The minimum Gasteiger partial charge on any atom is -0.456 e. The Bertz CT molecular complexity index is 1570. The third kappa shape index (κ3) is 2.84. The molecule has 0 fully saturated rings. The second-order valence-corrected chi connectivity index (χ2v) is 8.59. The van der Waals surface area contributed by atoms with E-state index in [0.717, 1.165) is 49.9 Å². The van der Waals surface area contributed by atoms with Crippen LogP contribution in [-0.4, -0.2) is 0 Å². The van der Waals surface area contributed by atoms with Gasteiger partial charge in [0.25, 0.3) is 0 Å². The first-order valence-electron chi connectivity index (χ1n) is 10.8. The Hall–Kier alpha value is -3.90. The minimum absolute atomic E-state index is 0.651. The number of pyridine rings is 1. The highest BCUT2D eigenvalue weighted by molar-refractivity contribution is 6.15. The van der Waals surface area contributed by atoms with E-state index in [0.29, 0.717) is 5.69 Å². The zero-order valence-electron chi connectivity index (χ0n) is 19.1. The van der Waals surface area contributed by atoms with Gasteiger partial charge in [0.2, 0.25) is 11.4 Å². The van der Waals surface area contributed by atoms with Crippen molar-refractivity contribution in [1.82, 2.24) is 0 Å². The van der Waals surface area contributed by atoms with Gasteiger partial charge in [0, 0.05) is 28.0 Å². The van der Waals surface area contributed by atoms with Gasteiger partial charge in [0.1, 0.15) is 18.2 Å². The molecule has 5 rings (SSSR count). The van der Waals surface area contributed by atoms with Gasteiger partial charge in [-0.3, -0.25) is 0 Å². The molecule has 3 heteroatoms. The number of hydrogen-bond donors (Lipinski definition) is 0. The first-order chi connectivity index (χ1) is 15.4. The lowest BCUT2D eigenvalue weighted by Crippen LogP contribution is -2.32. The Morgan fingerprint density at radius 3 is 2.22 bits per heavy atom. The van der Waals surface area contributed by atoms with Crippen LogP contribution in [0, 0.1) is 34.3 Å². The summed E-state index contributed by atoms with van der Waals surface area (Å²) >= 11 is 0. The molecule has 0 N–H and O–H groups in total. The van der Waals surface area contributed by atoms with E-state index in [2.05, 4.69) is 67.7 Å². The number of aryl methyl sites for hydroxylation is 4. The number of furan rings is 1. The van der Waals surface area contributed by atoms with Crippen molar-refractivity contribution < 1.29 is 8.98 Å². The van der Waals surface area contributed by atoms with E-state index >= 15 is 0 Å². The molecule has 2 aromatic heterocycles. The third-order valence-corrected chi connectivity index (χ3v) is 6.56. The maximum atomic E-state index is 7.86. The molecule has 0 aliphatic rings. The van der Waals surface area contributed by atoms with Crippen LogP contribution in [0.15, 0.2) is 65.2 Å². The van der Waals surface area contributed by atoms with E-state index < -0.39 is 0 Å². The largest absolute Gasteiger partial charge is 0.456 e. The standard InChI is InChI=1S/C29H25N2O/c1-17-14-15-31(6)27(20(17)4)24-18(2)12-13-22-23-16-19(3)26(30-5)25(29(23)32-28(22)24)21-10-8-7-9-11-21/h7-16H,1-4,6H3/q+1. The zero-order chi connectivity index (χ0) is 22.6. The molecule has 3 nitrogen and oxygen atoms in total. The van der Waals surface area contributed by atoms with Crippen molar-refractivity contribution in [2.75, 3.05) is 0 Å². The smallest absolute Gasteiger partial charge is 0.219 e. The van der Waals surface area contributed by atoms with E-state index in [1.165, 1.54) is 16.7 Å². The first kappa shape index (κ1) is 20.0. The Balaban J connectivity index is 1.98. The summed E-state index contributed by atoms with van der Waals surface area (Å²) in [6.45, 7) is 16.3. The van der Waals surface area contributed by atoms with E-state index in [1.54, 1.807) is 0 Å². The topological polar surface area (TPSA) is 21.4 Å². The number of nitrogens with zero attached hydrogens (tertiary/aromatic N) is 2. The maximum absolute atomic E-state index is 7.86. The fourth-order valence-corrected chi connectivity index (χ4v) is 4.75. The molecule has 5 aromatic rings. The van der Waals surface area contributed by atoms with Crippen LogP contribution >= 0.6 is 0 Å². The number of benzene rings is 3. The average molecular weight is 418 g/mol.